The largest absolute Gasteiger partial charge is 0.351 e. The van der Waals surface area contributed by atoms with E-state index >= 15 is 0 Å². The third kappa shape index (κ3) is 1.56. The molecule has 0 aliphatic carbocycles. The number of aryl methyl sites for hydroxylation is 1. The Labute approximate surface area is 86.9 Å². The number of aromatic nitrogens is 1. The lowest BCUT2D eigenvalue weighted by atomic mass is 10.00. The summed E-state index contributed by atoms with van der Waals surface area (Å²) in [5.41, 5.74) is 6.19. The first-order valence-corrected chi connectivity index (χ1v) is 4.72. The lowest BCUT2D eigenvalue weighted by Crippen LogP contribution is -2.48. The van der Waals surface area contributed by atoms with Gasteiger partial charge in [0.15, 0.2) is 0 Å². The zero-order valence-corrected chi connectivity index (χ0v) is 8.09. The molecule has 2 N–H and O–H groups in total. The standard InChI is InChI=1S/C10H11N3O2/c11-10(15)13-8(6-14)4-3-7-2-1-5-12-9(7)13/h1-2,5-6,8H,3-4H2,(H2,11,15). The number of rotatable bonds is 1. The number of hydrogen-bond donors (Lipinski definition) is 1. The maximum Gasteiger partial charge on any atom is 0.321 e. The van der Waals surface area contributed by atoms with Crippen molar-refractivity contribution in [2.45, 2.75) is 18.9 Å². The molecular formula is C10H11N3O2. The Morgan fingerprint density at radius 2 is 2.47 bits per heavy atom. The molecule has 2 amide bonds. The van der Waals surface area contributed by atoms with Crippen LogP contribution in [0.25, 0.3) is 0 Å². The fraction of sp³-hybridized carbons (Fsp3) is 0.300. The van der Waals surface area contributed by atoms with Gasteiger partial charge in [0, 0.05) is 6.20 Å². The van der Waals surface area contributed by atoms with E-state index in [1.165, 1.54) is 4.90 Å². The summed E-state index contributed by atoms with van der Waals surface area (Å²) < 4.78 is 0. The highest BCUT2D eigenvalue weighted by molar-refractivity contribution is 5.95. The predicted molar refractivity (Wildman–Crippen MR) is 54.5 cm³/mol. The Kier molecular flexibility index (Phi) is 2.37. The van der Waals surface area contributed by atoms with E-state index in [1.807, 2.05) is 6.07 Å². The Morgan fingerprint density at radius 1 is 1.67 bits per heavy atom. The highest BCUT2D eigenvalue weighted by atomic mass is 16.2. The topological polar surface area (TPSA) is 76.3 Å². The van der Waals surface area contributed by atoms with Gasteiger partial charge < -0.3 is 10.5 Å². The SMILES string of the molecule is NC(=O)N1c2ncccc2CCC1C=O. The number of nitrogens with zero attached hydrogens (tertiary/aromatic N) is 2. The van der Waals surface area contributed by atoms with Crippen molar-refractivity contribution >= 4 is 18.1 Å². The Hall–Kier alpha value is -1.91. The Morgan fingerprint density at radius 3 is 3.13 bits per heavy atom. The second-order valence-electron chi connectivity index (χ2n) is 3.44. The van der Waals surface area contributed by atoms with Gasteiger partial charge in [0.25, 0.3) is 0 Å². The molecule has 1 aromatic rings. The lowest BCUT2D eigenvalue weighted by molar-refractivity contribution is -0.109. The molecule has 0 bridgehead atoms. The molecule has 0 fully saturated rings. The van der Waals surface area contributed by atoms with E-state index in [-0.39, 0.29) is 0 Å². The highest BCUT2D eigenvalue weighted by Gasteiger charge is 2.30. The predicted octanol–water partition coefficient (Wildman–Crippen LogP) is 0.480. The van der Waals surface area contributed by atoms with Gasteiger partial charge in [-0.05, 0) is 24.5 Å². The van der Waals surface area contributed by atoms with Gasteiger partial charge in [-0.1, -0.05) is 6.07 Å². The third-order valence-corrected chi connectivity index (χ3v) is 2.53. The van der Waals surface area contributed by atoms with E-state index in [9.17, 15) is 9.59 Å². The average molecular weight is 205 g/mol. The molecule has 2 heterocycles. The second kappa shape index (κ2) is 3.68. The van der Waals surface area contributed by atoms with Gasteiger partial charge in [0.05, 0.1) is 6.04 Å². The molecule has 15 heavy (non-hydrogen) atoms. The van der Waals surface area contributed by atoms with Crippen LogP contribution in [0, 0.1) is 0 Å². The number of carbonyl (C=O) groups is 2. The summed E-state index contributed by atoms with van der Waals surface area (Å²) in [6.07, 6.45) is 3.67. The maximum absolute atomic E-state index is 11.2. The minimum Gasteiger partial charge on any atom is -0.351 e. The van der Waals surface area contributed by atoms with Gasteiger partial charge in [-0.25, -0.2) is 9.78 Å². The van der Waals surface area contributed by atoms with Crippen LogP contribution >= 0.6 is 0 Å². The maximum atomic E-state index is 11.2. The molecule has 0 saturated heterocycles. The van der Waals surface area contributed by atoms with Crippen LogP contribution in [-0.2, 0) is 11.2 Å². The number of fused-ring (bicyclic) bond motifs is 1. The number of hydrogen-bond acceptors (Lipinski definition) is 3. The number of carbonyl (C=O) groups excluding carboxylic acids is 2. The van der Waals surface area contributed by atoms with E-state index in [0.29, 0.717) is 12.2 Å². The molecular weight excluding hydrogens is 194 g/mol. The van der Waals surface area contributed by atoms with E-state index in [4.69, 9.17) is 5.73 Å². The first-order chi connectivity index (χ1) is 7.24. The van der Waals surface area contributed by atoms with E-state index in [2.05, 4.69) is 4.98 Å². The smallest absolute Gasteiger partial charge is 0.321 e. The van der Waals surface area contributed by atoms with Crippen molar-refractivity contribution in [3.63, 3.8) is 0 Å². The zero-order valence-electron chi connectivity index (χ0n) is 8.09. The summed E-state index contributed by atoms with van der Waals surface area (Å²) in [6, 6.07) is 2.58. The van der Waals surface area contributed by atoms with Crippen molar-refractivity contribution in [1.82, 2.24) is 4.98 Å². The Balaban J connectivity index is 2.47. The van der Waals surface area contributed by atoms with Crippen LogP contribution in [0.2, 0.25) is 0 Å². The van der Waals surface area contributed by atoms with Gasteiger partial charge >= 0.3 is 6.03 Å². The van der Waals surface area contributed by atoms with Gasteiger partial charge in [-0.15, -0.1) is 0 Å². The minimum absolute atomic E-state index is 0.482. The number of pyridine rings is 1. The monoisotopic (exact) mass is 205 g/mol. The van der Waals surface area contributed by atoms with Gasteiger partial charge in [0.1, 0.15) is 12.1 Å². The van der Waals surface area contributed by atoms with E-state index in [1.54, 1.807) is 12.3 Å². The summed E-state index contributed by atoms with van der Waals surface area (Å²) >= 11 is 0. The molecule has 1 aromatic heterocycles. The van der Waals surface area contributed by atoms with E-state index in [0.717, 1.165) is 18.3 Å². The fourth-order valence-electron chi connectivity index (χ4n) is 1.83. The average Bonchev–Trinajstić information content (AvgIpc) is 2.27. The van der Waals surface area contributed by atoms with Crippen LogP contribution in [-0.4, -0.2) is 23.3 Å². The van der Waals surface area contributed by atoms with Crippen LogP contribution < -0.4 is 10.6 Å². The molecule has 5 heteroatoms. The molecule has 0 saturated carbocycles. The van der Waals surface area contributed by atoms with Crippen LogP contribution in [0.1, 0.15) is 12.0 Å². The first kappa shape index (κ1) is 9.64. The van der Waals surface area contributed by atoms with Crippen LogP contribution in [0.5, 0.6) is 0 Å². The molecule has 5 nitrogen and oxygen atoms in total. The van der Waals surface area contributed by atoms with Crippen LogP contribution in [0.15, 0.2) is 18.3 Å². The number of anilines is 1. The van der Waals surface area contributed by atoms with Crippen LogP contribution in [0.4, 0.5) is 10.6 Å². The molecule has 1 atom stereocenters. The van der Waals surface area contributed by atoms with Crippen molar-refractivity contribution in [2.75, 3.05) is 4.90 Å². The van der Waals surface area contributed by atoms with Gasteiger partial charge in [-0.3, -0.25) is 4.90 Å². The summed E-state index contributed by atoms with van der Waals surface area (Å²) in [5.74, 6) is 0.508. The number of aldehydes is 1. The van der Waals surface area contributed by atoms with Crippen LogP contribution in [0.3, 0.4) is 0 Å². The van der Waals surface area contributed by atoms with Crippen molar-refractivity contribution in [3.8, 4) is 0 Å². The summed E-state index contributed by atoms with van der Waals surface area (Å²) in [7, 11) is 0. The van der Waals surface area contributed by atoms with Crippen molar-refractivity contribution in [1.29, 1.82) is 0 Å². The summed E-state index contributed by atoms with van der Waals surface area (Å²) in [4.78, 5) is 27.4. The molecule has 1 aliphatic rings. The van der Waals surface area contributed by atoms with Gasteiger partial charge in [-0.2, -0.15) is 0 Å². The highest BCUT2D eigenvalue weighted by Crippen LogP contribution is 2.27. The van der Waals surface area contributed by atoms with E-state index < -0.39 is 12.1 Å². The first-order valence-electron chi connectivity index (χ1n) is 4.72. The summed E-state index contributed by atoms with van der Waals surface area (Å²) in [5, 5.41) is 0. The quantitative estimate of drug-likeness (QED) is 0.677. The molecule has 1 unspecified atom stereocenters. The zero-order chi connectivity index (χ0) is 10.8. The van der Waals surface area contributed by atoms with Crippen molar-refractivity contribution in [3.05, 3.63) is 23.9 Å². The van der Waals surface area contributed by atoms with Gasteiger partial charge in [0.2, 0.25) is 0 Å². The third-order valence-electron chi connectivity index (χ3n) is 2.53. The number of nitrogens with two attached hydrogens (primary N) is 1. The molecule has 0 spiro atoms. The molecule has 2 rings (SSSR count). The molecule has 0 radical (unpaired) electrons. The Bertz CT molecular complexity index is 405. The normalized spacial score (nSPS) is 19.5. The van der Waals surface area contributed by atoms with Crippen molar-refractivity contribution < 1.29 is 9.59 Å². The lowest BCUT2D eigenvalue weighted by Gasteiger charge is -2.31. The molecule has 0 aromatic carbocycles. The molecule has 78 valence electrons. The van der Waals surface area contributed by atoms with Crippen molar-refractivity contribution in [2.24, 2.45) is 5.73 Å². The summed E-state index contributed by atoms with van der Waals surface area (Å²) in [6.45, 7) is 0. The number of amides is 2. The fourth-order valence-corrected chi connectivity index (χ4v) is 1.83. The molecule has 1 aliphatic heterocycles. The second-order valence-corrected chi connectivity index (χ2v) is 3.44. The number of primary amides is 1. The number of urea groups is 1. The minimum atomic E-state index is -0.633.